The molecule has 0 atom stereocenters. The van der Waals surface area contributed by atoms with Crippen molar-refractivity contribution in [1.29, 1.82) is 0 Å². The van der Waals surface area contributed by atoms with Crippen LogP contribution in [0.2, 0.25) is 0 Å². The first kappa shape index (κ1) is 12.0. The molecule has 0 N–H and O–H groups in total. The number of halogens is 1. The highest BCUT2D eigenvalue weighted by molar-refractivity contribution is 6.26. The Morgan fingerprint density at radius 1 is 1.37 bits per heavy atom. The summed E-state index contributed by atoms with van der Waals surface area (Å²) in [6, 6.07) is 4.55. The maximum absolute atomic E-state index is 13.3. The Bertz CT molecular complexity index is 653. The second-order valence-electron chi connectivity index (χ2n) is 4.89. The molecule has 1 heterocycles. The molecule has 0 saturated heterocycles. The molecule has 0 aromatic heterocycles. The third-order valence-electron chi connectivity index (χ3n) is 3.57. The number of nitrogens with zero attached hydrogens (tertiary/aromatic N) is 1. The molecule has 0 radical (unpaired) electrons. The molecule has 19 heavy (non-hydrogen) atoms. The Labute approximate surface area is 111 Å². The molecule has 2 aliphatic rings. The molecule has 3 rings (SSSR count). The van der Waals surface area contributed by atoms with E-state index in [0.717, 1.165) is 35.3 Å². The van der Waals surface area contributed by atoms with Gasteiger partial charge in [-0.2, -0.15) is 0 Å². The van der Waals surface area contributed by atoms with E-state index >= 15 is 0 Å². The van der Waals surface area contributed by atoms with E-state index in [9.17, 15) is 9.18 Å². The van der Waals surface area contributed by atoms with Crippen molar-refractivity contribution < 1.29 is 9.18 Å². The van der Waals surface area contributed by atoms with Crippen LogP contribution >= 0.6 is 0 Å². The van der Waals surface area contributed by atoms with Gasteiger partial charge in [-0.3, -0.25) is 9.79 Å². The van der Waals surface area contributed by atoms with Gasteiger partial charge in [0.05, 0.1) is 0 Å². The molecule has 1 aliphatic carbocycles. The molecule has 0 fully saturated rings. The zero-order valence-corrected chi connectivity index (χ0v) is 10.7. The van der Waals surface area contributed by atoms with Gasteiger partial charge in [-0.1, -0.05) is 13.0 Å². The van der Waals surface area contributed by atoms with Crippen molar-refractivity contribution in [3.05, 3.63) is 53.0 Å². The molecule has 0 bridgehead atoms. The number of hydrogen-bond acceptors (Lipinski definition) is 2. The molecular weight excluding hydrogens is 241 g/mol. The van der Waals surface area contributed by atoms with Crippen molar-refractivity contribution in [3.8, 4) is 0 Å². The summed E-state index contributed by atoms with van der Waals surface area (Å²) in [5.74, 6) is -0.239. The predicted molar refractivity (Wildman–Crippen MR) is 73.5 cm³/mol. The van der Waals surface area contributed by atoms with Gasteiger partial charge >= 0.3 is 0 Å². The molecular formula is C16H14FNO. The summed E-state index contributed by atoms with van der Waals surface area (Å²) in [5, 5.41) is 0. The monoisotopic (exact) mass is 255 g/mol. The Balaban J connectivity index is 1.95. The standard InChI is InChI=1S/C16H14FNO/c1-2-13-5-10(9-18-13)6-15-14-8-12(17)4-3-11(14)7-16(15)19/h3-4,6,8-9H,2,5,7H2,1H3/b15-6-. The summed E-state index contributed by atoms with van der Waals surface area (Å²) in [4.78, 5) is 16.3. The van der Waals surface area contributed by atoms with Gasteiger partial charge in [-0.05, 0) is 41.3 Å². The maximum Gasteiger partial charge on any atom is 0.167 e. The van der Waals surface area contributed by atoms with Crippen molar-refractivity contribution >= 4 is 17.1 Å². The van der Waals surface area contributed by atoms with E-state index in [0.29, 0.717) is 12.0 Å². The lowest BCUT2D eigenvalue weighted by molar-refractivity contribution is -0.112. The number of Topliss-reactive ketones (excluding diaryl/α,β-unsaturated/α-hetero) is 1. The largest absolute Gasteiger partial charge is 0.294 e. The van der Waals surface area contributed by atoms with E-state index < -0.39 is 0 Å². The second-order valence-corrected chi connectivity index (χ2v) is 4.89. The first-order chi connectivity index (χ1) is 9.17. The number of hydrogen-bond donors (Lipinski definition) is 0. The van der Waals surface area contributed by atoms with Crippen LogP contribution in [0.4, 0.5) is 4.39 Å². The topological polar surface area (TPSA) is 29.4 Å². The number of rotatable bonds is 2. The average molecular weight is 255 g/mol. The molecule has 1 aromatic carbocycles. The minimum atomic E-state index is -0.301. The van der Waals surface area contributed by atoms with Crippen LogP contribution in [0.1, 0.15) is 30.9 Å². The van der Waals surface area contributed by atoms with Gasteiger partial charge in [0.15, 0.2) is 5.78 Å². The average Bonchev–Trinajstić information content (AvgIpc) is 2.96. The number of carbonyl (C=O) groups excluding carboxylic acids is 1. The van der Waals surface area contributed by atoms with Crippen LogP contribution in [0.5, 0.6) is 0 Å². The van der Waals surface area contributed by atoms with E-state index in [1.165, 1.54) is 12.1 Å². The van der Waals surface area contributed by atoms with E-state index in [1.54, 1.807) is 12.3 Å². The third-order valence-corrected chi connectivity index (χ3v) is 3.57. The quantitative estimate of drug-likeness (QED) is 0.744. The van der Waals surface area contributed by atoms with Crippen molar-refractivity contribution in [1.82, 2.24) is 0 Å². The van der Waals surface area contributed by atoms with Gasteiger partial charge < -0.3 is 0 Å². The summed E-state index contributed by atoms with van der Waals surface area (Å²) in [5.41, 5.74) is 4.41. The summed E-state index contributed by atoms with van der Waals surface area (Å²) >= 11 is 0. The molecule has 96 valence electrons. The van der Waals surface area contributed by atoms with Crippen molar-refractivity contribution in [2.75, 3.05) is 0 Å². The number of aliphatic imine (C=N–C) groups is 1. The number of carbonyl (C=O) groups is 1. The van der Waals surface area contributed by atoms with Crippen molar-refractivity contribution in [2.24, 2.45) is 4.99 Å². The van der Waals surface area contributed by atoms with Crippen LogP contribution in [0.25, 0.3) is 5.57 Å². The predicted octanol–water partition coefficient (Wildman–Crippen LogP) is 3.47. The Morgan fingerprint density at radius 3 is 2.95 bits per heavy atom. The first-order valence-electron chi connectivity index (χ1n) is 6.45. The van der Waals surface area contributed by atoms with E-state index in [1.807, 2.05) is 6.08 Å². The Kier molecular flexibility index (Phi) is 2.90. The highest BCUT2D eigenvalue weighted by Gasteiger charge is 2.25. The molecule has 2 nitrogen and oxygen atoms in total. The molecule has 0 unspecified atom stereocenters. The Morgan fingerprint density at radius 2 is 2.21 bits per heavy atom. The van der Waals surface area contributed by atoms with Gasteiger partial charge in [0.25, 0.3) is 0 Å². The minimum absolute atomic E-state index is 0.0615. The van der Waals surface area contributed by atoms with Gasteiger partial charge in [0.1, 0.15) is 5.82 Å². The second kappa shape index (κ2) is 4.57. The zero-order valence-electron chi connectivity index (χ0n) is 10.7. The van der Waals surface area contributed by atoms with E-state index in [-0.39, 0.29) is 11.6 Å². The first-order valence-corrected chi connectivity index (χ1v) is 6.45. The van der Waals surface area contributed by atoms with Gasteiger partial charge in [0, 0.05) is 30.3 Å². The molecule has 1 aromatic rings. The molecule has 3 heteroatoms. The number of allylic oxidation sites excluding steroid dienone is 3. The van der Waals surface area contributed by atoms with Crippen LogP contribution < -0.4 is 0 Å². The van der Waals surface area contributed by atoms with Crippen molar-refractivity contribution in [2.45, 2.75) is 26.2 Å². The number of ketones is 1. The lowest BCUT2D eigenvalue weighted by atomic mass is 10.0. The summed E-state index contributed by atoms with van der Waals surface area (Å²) in [6.45, 7) is 2.06. The molecule has 0 amide bonds. The van der Waals surface area contributed by atoms with Gasteiger partial charge in [-0.15, -0.1) is 0 Å². The number of fused-ring (bicyclic) bond motifs is 1. The lowest BCUT2D eigenvalue weighted by Gasteiger charge is -2.01. The summed E-state index contributed by atoms with van der Waals surface area (Å²) in [6.07, 6.45) is 5.74. The fourth-order valence-corrected chi connectivity index (χ4v) is 2.52. The van der Waals surface area contributed by atoms with Crippen molar-refractivity contribution in [3.63, 3.8) is 0 Å². The van der Waals surface area contributed by atoms with E-state index in [4.69, 9.17) is 0 Å². The lowest BCUT2D eigenvalue weighted by Crippen LogP contribution is -1.96. The minimum Gasteiger partial charge on any atom is -0.294 e. The summed E-state index contributed by atoms with van der Waals surface area (Å²) < 4.78 is 13.3. The van der Waals surface area contributed by atoms with Crippen LogP contribution in [0, 0.1) is 5.82 Å². The van der Waals surface area contributed by atoms with Crippen LogP contribution in [-0.2, 0) is 11.2 Å². The highest BCUT2D eigenvalue weighted by atomic mass is 19.1. The number of benzene rings is 1. The van der Waals surface area contributed by atoms with Gasteiger partial charge in [-0.25, -0.2) is 4.39 Å². The molecule has 1 aliphatic heterocycles. The Hall–Kier alpha value is -2.03. The maximum atomic E-state index is 13.3. The highest BCUT2D eigenvalue weighted by Crippen LogP contribution is 2.32. The van der Waals surface area contributed by atoms with Crippen LogP contribution in [0.3, 0.4) is 0 Å². The van der Waals surface area contributed by atoms with E-state index in [2.05, 4.69) is 11.9 Å². The zero-order chi connectivity index (χ0) is 13.4. The third kappa shape index (κ3) is 2.16. The summed E-state index contributed by atoms with van der Waals surface area (Å²) in [7, 11) is 0. The smallest absolute Gasteiger partial charge is 0.167 e. The normalized spacial score (nSPS) is 19.7. The molecule has 0 saturated carbocycles. The van der Waals surface area contributed by atoms with Crippen LogP contribution in [-0.4, -0.2) is 11.5 Å². The SMILES string of the molecule is CCC1=NC=C(/C=C2\C(=O)Cc3ccc(F)cc32)C1. The molecule has 0 spiro atoms. The van der Waals surface area contributed by atoms with Crippen LogP contribution in [0.15, 0.2) is 41.0 Å². The van der Waals surface area contributed by atoms with Gasteiger partial charge in [0.2, 0.25) is 0 Å². The fourth-order valence-electron chi connectivity index (χ4n) is 2.52. The fraction of sp³-hybridized carbons (Fsp3) is 0.250.